The van der Waals surface area contributed by atoms with Crippen molar-refractivity contribution in [1.29, 1.82) is 0 Å². The number of hydrogen-bond acceptors (Lipinski definition) is 5. The third kappa shape index (κ3) is 3.55. The molecule has 3 rings (SSSR count). The second kappa shape index (κ2) is 6.87. The average molecular weight is 325 g/mol. The van der Waals surface area contributed by atoms with Gasteiger partial charge < -0.3 is 19.0 Å². The van der Waals surface area contributed by atoms with E-state index < -0.39 is 12.6 Å². The summed E-state index contributed by atoms with van der Waals surface area (Å²) in [7, 11) is 1.50. The quantitative estimate of drug-likeness (QED) is 0.747. The topological polar surface area (TPSA) is 81.8 Å². The highest BCUT2D eigenvalue weighted by molar-refractivity contribution is 5.76. The van der Waals surface area contributed by atoms with Crippen LogP contribution in [0.4, 0.5) is 0 Å². The van der Waals surface area contributed by atoms with Crippen LogP contribution in [0.3, 0.4) is 0 Å². The summed E-state index contributed by atoms with van der Waals surface area (Å²) in [5.41, 5.74) is 2.37. The number of aliphatic carboxylic acids is 1. The highest BCUT2D eigenvalue weighted by atomic mass is 16.5. The zero-order valence-electron chi connectivity index (χ0n) is 12.9. The summed E-state index contributed by atoms with van der Waals surface area (Å²) >= 11 is 0. The van der Waals surface area contributed by atoms with Crippen molar-refractivity contribution >= 4 is 29.2 Å². The number of benzene rings is 2. The number of oxazole rings is 1. The lowest BCUT2D eigenvalue weighted by atomic mass is 10.2. The van der Waals surface area contributed by atoms with Gasteiger partial charge in [-0.3, -0.25) is 0 Å². The predicted octanol–water partition coefficient (Wildman–Crippen LogP) is 3.47. The van der Waals surface area contributed by atoms with E-state index in [-0.39, 0.29) is 0 Å². The molecule has 1 aromatic heterocycles. The number of carbonyl (C=O) groups is 1. The van der Waals surface area contributed by atoms with E-state index in [2.05, 4.69) is 4.98 Å². The number of rotatable bonds is 6. The van der Waals surface area contributed by atoms with E-state index in [1.165, 1.54) is 7.11 Å². The van der Waals surface area contributed by atoms with Crippen LogP contribution in [-0.2, 0) is 4.79 Å². The molecule has 6 nitrogen and oxygen atoms in total. The summed E-state index contributed by atoms with van der Waals surface area (Å²) < 4.78 is 16.0. The minimum Gasteiger partial charge on any atom is -0.493 e. The summed E-state index contributed by atoms with van der Waals surface area (Å²) in [5, 5.41) is 8.67. The van der Waals surface area contributed by atoms with Gasteiger partial charge in [-0.1, -0.05) is 18.2 Å². The number of aromatic nitrogens is 1. The SMILES string of the molecule is COc1cc(/C=C/c2nc3ccccc3o2)ccc1OCC(=O)O. The van der Waals surface area contributed by atoms with E-state index in [1.54, 1.807) is 24.3 Å². The molecule has 0 atom stereocenters. The van der Waals surface area contributed by atoms with E-state index in [0.29, 0.717) is 17.4 Å². The molecule has 0 fully saturated rings. The molecular weight excluding hydrogens is 310 g/mol. The Bertz CT molecular complexity index is 864. The maximum Gasteiger partial charge on any atom is 0.341 e. The van der Waals surface area contributed by atoms with Crippen molar-refractivity contribution < 1.29 is 23.8 Å². The van der Waals surface area contributed by atoms with E-state index in [9.17, 15) is 4.79 Å². The number of ether oxygens (including phenoxy) is 2. The first-order chi connectivity index (χ1) is 11.7. The standard InChI is InChI=1S/C18H15NO5/c1-22-16-10-12(6-8-15(16)23-11-18(20)21)7-9-17-19-13-4-2-3-5-14(13)24-17/h2-10H,11H2,1H3,(H,20,21)/b9-7+. The first-order valence-corrected chi connectivity index (χ1v) is 7.22. The minimum atomic E-state index is -1.04. The molecule has 6 heteroatoms. The molecule has 0 radical (unpaired) electrons. The largest absolute Gasteiger partial charge is 0.493 e. The third-order valence-electron chi connectivity index (χ3n) is 3.27. The Labute approximate surface area is 138 Å². The molecule has 0 aliphatic rings. The molecular formula is C18H15NO5. The van der Waals surface area contributed by atoms with Crippen molar-refractivity contribution in [2.24, 2.45) is 0 Å². The molecule has 0 saturated heterocycles. The second-order valence-electron chi connectivity index (χ2n) is 4.95. The molecule has 1 heterocycles. The Morgan fingerprint density at radius 3 is 2.79 bits per heavy atom. The Kier molecular flexibility index (Phi) is 4.47. The van der Waals surface area contributed by atoms with Gasteiger partial charge in [-0.2, -0.15) is 0 Å². The molecule has 0 unspecified atom stereocenters. The molecule has 0 spiro atoms. The summed E-state index contributed by atoms with van der Waals surface area (Å²) in [5.74, 6) is 0.285. The van der Waals surface area contributed by atoms with Crippen LogP contribution in [0.25, 0.3) is 23.3 Å². The van der Waals surface area contributed by atoms with Crippen LogP contribution < -0.4 is 9.47 Å². The number of hydrogen-bond donors (Lipinski definition) is 1. The molecule has 0 aliphatic carbocycles. The number of nitrogens with zero attached hydrogens (tertiary/aromatic N) is 1. The summed E-state index contributed by atoms with van der Waals surface area (Å²) in [4.78, 5) is 14.9. The number of methoxy groups -OCH3 is 1. The lowest BCUT2D eigenvalue weighted by Crippen LogP contribution is -2.10. The zero-order chi connectivity index (χ0) is 16.9. The highest BCUT2D eigenvalue weighted by Gasteiger charge is 2.07. The first kappa shape index (κ1) is 15.6. The van der Waals surface area contributed by atoms with Crippen molar-refractivity contribution in [3.8, 4) is 11.5 Å². The van der Waals surface area contributed by atoms with Crippen LogP contribution >= 0.6 is 0 Å². The second-order valence-corrected chi connectivity index (χ2v) is 4.95. The zero-order valence-corrected chi connectivity index (χ0v) is 12.9. The van der Waals surface area contributed by atoms with E-state index in [4.69, 9.17) is 19.0 Å². The van der Waals surface area contributed by atoms with Gasteiger partial charge in [-0.15, -0.1) is 0 Å². The molecule has 0 saturated carbocycles. The highest BCUT2D eigenvalue weighted by Crippen LogP contribution is 2.29. The molecule has 0 bridgehead atoms. The lowest BCUT2D eigenvalue weighted by Gasteiger charge is -2.09. The Morgan fingerprint density at radius 2 is 2.04 bits per heavy atom. The molecule has 0 amide bonds. The molecule has 3 aromatic rings. The van der Waals surface area contributed by atoms with Gasteiger partial charge in [-0.25, -0.2) is 9.78 Å². The van der Waals surface area contributed by atoms with Crippen LogP contribution in [0.5, 0.6) is 11.5 Å². The number of carboxylic acids is 1. The van der Waals surface area contributed by atoms with Gasteiger partial charge in [0.1, 0.15) is 5.52 Å². The maximum absolute atomic E-state index is 10.6. The van der Waals surface area contributed by atoms with Crippen molar-refractivity contribution in [2.75, 3.05) is 13.7 Å². The monoisotopic (exact) mass is 325 g/mol. The van der Waals surface area contributed by atoms with Crippen molar-refractivity contribution in [3.05, 3.63) is 53.9 Å². The fraction of sp³-hybridized carbons (Fsp3) is 0.111. The first-order valence-electron chi connectivity index (χ1n) is 7.22. The number of carboxylic acid groups (broad SMARTS) is 1. The normalized spacial score (nSPS) is 11.0. The van der Waals surface area contributed by atoms with Gasteiger partial charge in [-0.05, 0) is 35.9 Å². The molecule has 24 heavy (non-hydrogen) atoms. The Hall–Kier alpha value is -3.28. The Balaban J connectivity index is 1.80. The van der Waals surface area contributed by atoms with Gasteiger partial charge in [0.15, 0.2) is 23.7 Å². The van der Waals surface area contributed by atoms with Crippen LogP contribution in [0, 0.1) is 0 Å². The maximum atomic E-state index is 10.6. The van der Waals surface area contributed by atoms with Crippen molar-refractivity contribution in [1.82, 2.24) is 4.98 Å². The molecule has 122 valence electrons. The van der Waals surface area contributed by atoms with E-state index in [0.717, 1.165) is 16.7 Å². The minimum absolute atomic E-state index is 0.374. The Morgan fingerprint density at radius 1 is 1.21 bits per heavy atom. The van der Waals surface area contributed by atoms with E-state index in [1.807, 2.05) is 30.3 Å². The number of fused-ring (bicyclic) bond motifs is 1. The summed E-state index contributed by atoms with van der Waals surface area (Å²) in [6, 6.07) is 12.7. The number of para-hydroxylation sites is 2. The fourth-order valence-corrected chi connectivity index (χ4v) is 2.18. The van der Waals surface area contributed by atoms with Crippen LogP contribution in [0.2, 0.25) is 0 Å². The van der Waals surface area contributed by atoms with Gasteiger partial charge in [0.25, 0.3) is 0 Å². The van der Waals surface area contributed by atoms with Crippen molar-refractivity contribution in [2.45, 2.75) is 0 Å². The van der Waals surface area contributed by atoms with Crippen LogP contribution in [-0.4, -0.2) is 29.8 Å². The van der Waals surface area contributed by atoms with E-state index >= 15 is 0 Å². The third-order valence-corrected chi connectivity index (χ3v) is 3.27. The predicted molar refractivity (Wildman–Crippen MR) is 89.1 cm³/mol. The lowest BCUT2D eigenvalue weighted by molar-refractivity contribution is -0.139. The van der Waals surface area contributed by atoms with Crippen LogP contribution in [0.15, 0.2) is 46.9 Å². The van der Waals surface area contributed by atoms with Crippen LogP contribution in [0.1, 0.15) is 11.5 Å². The molecule has 1 N–H and O–H groups in total. The molecule has 0 aliphatic heterocycles. The summed E-state index contributed by atoms with van der Waals surface area (Å²) in [6.07, 6.45) is 3.58. The van der Waals surface area contributed by atoms with Crippen molar-refractivity contribution in [3.63, 3.8) is 0 Å². The van der Waals surface area contributed by atoms with Gasteiger partial charge in [0.05, 0.1) is 7.11 Å². The summed E-state index contributed by atoms with van der Waals surface area (Å²) in [6.45, 7) is -0.422. The fourth-order valence-electron chi connectivity index (χ4n) is 2.18. The van der Waals surface area contributed by atoms with Gasteiger partial charge in [0.2, 0.25) is 5.89 Å². The smallest absolute Gasteiger partial charge is 0.341 e. The van der Waals surface area contributed by atoms with Gasteiger partial charge >= 0.3 is 5.97 Å². The molecule has 2 aromatic carbocycles. The van der Waals surface area contributed by atoms with Gasteiger partial charge in [0, 0.05) is 6.08 Å². The average Bonchev–Trinajstić information content (AvgIpc) is 3.01.